The number of nitrogens with zero attached hydrogens (tertiary/aromatic N) is 4. The van der Waals surface area contributed by atoms with Crippen LogP contribution < -0.4 is 10.5 Å². The number of nitrogen functional groups attached to an aromatic ring is 1. The average Bonchev–Trinajstić information content (AvgIpc) is 2.79. The van der Waals surface area contributed by atoms with Crippen LogP contribution in [0.4, 0.5) is 14.6 Å². The van der Waals surface area contributed by atoms with Crippen LogP contribution in [0.2, 0.25) is 0 Å². The number of carbonyl (C=O) groups is 1. The van der Waals surface area contributed by atoms with Crippen LogP contribution >= 0.6 is 0 Å². The van der Waals surface area contributed by atoms with Gasteiger partial charge in [-0.3, -0.25) is 9.78 Å². The third-order valence-electron chi connectivity index (χ3n) is 5.23. The Kier molecular flexibility index (Phi) is 5.21. The number of carbonyl (C=O) groups excluding carboxylic acids is 1. The predicted octanol–water partition coefficient (Wildman–Crippen LogP) is 3.08. The summed E-state index contributed by atoms with van der Waals surface area (Å²) in [6.07, 6.45) is 3.34. The van der Waals surface area contributed by atoms with Gasteiger partial charge in [0.1, 0.15) is 23.3 Å². The van der Waals surface area contributed by atoms with Crippen molar-refractivity contribution in [2.75, 3.05) is 19.4 Å². The van der Waals surface area contributed by atoms with Gasteiger partial charge in [-0.15, -0.1) is 0 Å². The summed E-state index contributed by atoms with van der Waals surface area (Å²) < 4.78 is 35.0. The highest BCUT2D eigenvalue weighted by Gasteiger charge is 2.31. The highest BCUT2D eigenvalue weighted by molar-refractivity contribution is 5.94. The number of nitrogens with two attached hydrogens (primary N) is 1. The van der Waals surface area contributed by atoms with Gasteiger partial charge < -0.3 is 15.4 Å². The zero-order chi connectivity index (χ0) is 22.1. The Balaban J connectivity index is 1.90. The van der Waals surface area contributed by atoms with Crippen LogP contribution in [0.1, 0.15) is 27.2 Å². The van der Waals surface area contributed by atoms with E-state index in [1.807, 2.05) is 6.07 Å². The number of aromatic nitrogens is 2. The molecule has 3 heterocycles. The lowest BCUT2D eigenvalue weighted by Crippen LogP contribution is -2.37. The summed E-state index contributed by atoms with van der Waals surface area (Å²) in [6.45, 7) is 0.360. The Morgan fingerprint density at radius 2 is 1.97 bits per heavy atom. The molecule has 4 rings (SSSR count). The van der Waals surface area contributed by atoms with E-state index in [4.69, 9.17) is 10.5 Å². The number of hydrogen-bond acceptors (Lipinski definition) is 6. The SMILES string of the molecule is COc1ccc(F)c(-c2c(C#N)c(N)nc3c2CN(C(=O)c2ccncc2)CC3)c1F. The van der Waals surface area contributed by atoms with Gasteiger partial charge in [-0.05, 0) is 24.3 Å². The Bertz CT molecular complexity index is 1230. The number of hydrogen-bond donors (Lipinski definition) is 1. The second-order valence-electron chi connectivity index (χ2n) is 6.94. The van der Waals surface area contributed by atoms with Gasteiger partial charge in [0.25, 0.3) is 5.91 Å². The first-order valence-electron chi connectivity index (χ1n) is 9.39. The summed E-state index contributed by atoms with van der Waals surface area (Å²) in [5, 5.41) is 9.69. The molecule has 0 radical (unpaired) electrons. The molecule has 0 saturated heterocycles. The van der Waals surface area contributed by atoms with Crippen LogP contribution in [0.3, 0.4) is 0 Å². The van der Waals surface area contributed by atoms with Gasteiger partial charge in [-0.2, -0.15) is 5.26 Å². The van der Waals surface area contributed by atoms with Gasteiger partial charge in [0.2, 0.25) is 0 Å². The summed E-state index contributed by atoms with van der Waals surface area (Å²) >= 11 is 0. The number of nitriles is 1. The number of benzene rings is 1. The van der Waals surface area contributed by atoms with Crippen LogP contribution in [-0.2, 0) is 13.0 Å². The standard InChI is InChI=1S/C22H17F2N5O2/c1-31-17-3-2-15(23)19(20(17)24)18-13(10-25)21(26)28-16-6-9-29(11-14(16)18)22(30)12-4-7-27-8-5-12/h2-5,7-8H,6,9,11H2,1H3,(H2,26,28). The number of amides is 1. The molecular formula is C22H17F2N5O2. The van der Waals surface area contributed by atoms with Gasteiger partial charge in [0.05, 0.1) is 18.4 Å². The molecule has 0 saturated carbocycles. The van der Waals surface area contributed by atoms with Crippen molar-refractivity contribution >= 4 is 11.7 Å². The van der Waals surface area contributed by atoms with Gasteiger partial charge in [-0.25, -0.2) is 13.8 Å². The molecule has 7 nitrogen and oxygen atoms in total. The molecule has 0 spiro atoms. The minimum atomic E-state index is -0.954. The quantitative estimate of drug-likeness (QED) is 0.697. The minimum Gasteiger partial charge on any atom is -0.494 e. The molecule has 2 aromatic heterocycles. The molecule has 9 heteroatoms. The first-order valence-corrected chi connectivity index (χ1v) is 9.39. The predicted molar refractivity (Wildman–Crippen MR) is 108 cm³/mol. The lowest BCUT2D eigenvalue weighted by molar-refractivity contribution is 0.0734. The second kappa shape index (κ2) is 7.99. The number of anilines is 1. The van der Waals surface area contributed by atoms with Gasteiger partial charge >= 0.3 is 0 Å². The lowest BCUT2D eigenvalue weighted by Gasteiger charge is -2.31. The highest BCUT2D eigenvalue weighted by Crippen LogP contribution is 2.40. The molecule has 3 aromatic rings. The van der Waals surface area contributed by atoms with Crippen molar-refractivity contribution in [2.45, 2.75) is 13.0 Å². The third kappa shape index (κ3) is 3.42. The molecule has 0 atom stereocenters. The Morgan fingerprint density at radius 1 is 1.23 bits per heavy atom. The number of ether oxygens (including phenoxy) is 1. The fraction of sp³-hybridized carbons (Fsp3) is 0.182. The molecule has 1 aromatic carbocycles. The molecule has 156 valence electrons. The summed E-state index contributed by atoms with van der Waals surface area (Å²) in [5.74, 6) is -2.39. The normalized spacial score (nSPS) is 12.8. The molecule has 31 heavy (non-hydrogen) atoms. The zero-order valence-electron chi connectivity index (χ0n) is 16.5. The largest absolute Gasteiger partial charge is 0.494 e. The van der Waals surface area contributed by atoms with E-state index in [2.05, 4.69) is 9.97 Å². The molecule has 0 bridgehead atoms. The third-order valence-corrected chi connectivity index (χ3v) is 5.23. The highest BCUT2D eigenvalue weighted by atomic mass is 19.1. The summed E-state index contributed by atoms with van der Waals surface area (Å²) in [4.78, 5) is 22.6. The number of fused-ring (bicyclic) bond motifs is 1. The molecule has 0 aliphatic carbocycles. The van der Waals surface area contributed by atoms with Crippen molar-refractivity contribution in [3.63, 3.8) is 0 Å². The topological polar surface area (TPSA) is 105 Å². The van der Waals surface area contributed by atoms with E-state index in [0.717, 1.165) is 12.1 Å². The van der Waals surface area contributed by atoms with Crippen LogP contribution in [-0.4, -0.2) is 34.4 Å². The van der Waals surface area contributed by atoms with Crippen LogP contribution in [0.15, 0.2) is 36.7 Å². The number of pyridine rings is 2. The van der Waals surface area contributed by atoms with Crippen molar-refractivity contribution in [3.8, 4) is 22.9 Å². The molecule has 2 N–H and O–H groups in total. The van der Waals surface area contributed by atoms with E-state index >= 15 is 4.39 Å². The van der Waals surface area contributed by atoms with Crippen LogP contribution in [0.25, 0.3) is 11.1 Å². The summed E-state index contributed by atoms with van der Waals surface area (Å²) in [5.41, 5.74) is 6.67. The van der Waals surface area contributed by atoms with Crippen molar-refractivity contribution < 1.29 is 18.3 Å². The van der Waals surface area contributed by atoms with E-state index in [9.17, 15) is 14.4 Å². The van der Waals surface area contributed by atoms with E-state index in [1.165, 1.54) is 24.4 Å². The summed E-state index contributed by atoms with van der Waals surface area (Å²) in [6, 6.07) is 7.30. The maximum absolute atomic E-state index is 15.1. The smallest absolute Gasteiger partial charge is 0.254 e. The Morgan fingerprint density at radius 3 is 2.65 bits per heavy atom. The van der Waals surface area contributed by atoms with Gasteiger partial charge in [-0.1, -0.05) is 0 Å². The molecule has 1 amide bonds. The maximum atomic E-state index is 15.1. The van der Waals surface area contributed by atoms with Crippen molar-refractivity contribution in [1.29, 1.82) is 5.26 Å². The lowest BCUT2D eigenvalue weighted by atomic mass is 9.90. The Hall–Kier alpha value is -4.06. The van der Waals surface area contributed by atoms with Crippen molar-refractivity contribution in [1.82, 2.24) is 14.9 Å². The molecule has 1 aliphatic heterocycles. The maximum Gasteiger partial charge on any atom is 0.254 e. The zero-order valence-corrected chi connectivity index (χ0v) is 16.5. The van der Waals surface area contributed by atoms with E-state index in [1.54, 1.807) is 12.1 Å². The van der Waals surface area contributed by atoms with Gasteiger partial charge in [0, 0.05) is 48.6 Å². The van der Waals surface area contributed by atoms with E-state index < -0.39 is 17.2 Å². The van der Waals surface area contributed by atoms with E-state index in [-0.39, 0.29) is 35.1 Å². The first-order chi connectivity index (χ1) is 15.0. The van der Waals surface area contributed by atoms with Crippen LogP contribution in [0, 0.1) is 23.0 Å². The summed E-state index contributed by atoms with van der Waals surface area (Å²) in [7, 11) is 1.26. The fourth-order valence-electron chi connectivity index (χ4n) is 3.74. The molecule has 1 aliphatic rings. The van der Waals surface area contributed by atoms with Gasteiger partial charge in [0.15, 0.2) is 11.6 Å². The molecular weight excluding hydrogens is 404 g/mol. The number of halogens is 2. The fourth-order valence-corrected chi connectivity index (χ4v) is 3.74. The monoisotopic (exact) mass is 421 g/mol. The number of rotatable bonds is 3. The Labute approximate surface area is 176 Å². The first kappa shape index (κ1) is 20.2. The average molecular weight is 421 g/mol. The van der Waals surface area contributed by atoms with E-state index in [0.29, 0.717) is 29.8 Å². The molecule has 0 fully saturated rings. The minimum absolute atomic E-state index is 0.00821. The van der Waals surface area contributed by atoms with Crippen molar-refractivity contribution in [2.24, 2.45) is 0 Å². The molecule has 0 unspecified atom stereocenters. The van der Waals surface area contributed by atoms with Crippen molar-refractivity contribution in [3.05, 3.63) is 70.7 Å². The van der Waals surface area contributed by atoms with Crippen LogP contribution in [0.5, 0.6) is 5.75 Å². The second-order valence-corrected chi connectivity index (χ2v) is 6.94. The number of methoxy groups -OCH3 is 1.